The number of quaternary nitrogens is 2. The number of methoxy groups -OCH3 is 2. The molecule has 294 valence electrons. The van der Waals surface area contributed by atoms with Gasteiger partial charge in [0.15, 0.2) is 28.8 Å². The lowest BCUT2D eigenvalue weighted by Gasteiger charge is -2.27. The fourth-order valence-corrected chi connectivity index (χ4v) is 6.00. The summed E-state index contributed by atoms with van der Waals surface area (Å²) < 4.78 is 52.0. The minimum absolute atomic E-state index is 0. The van der Waals surface area contributed by atoms with Crippen molar-refractivity contribution in [1.29, 1.82) is 0 Å². The minimum Gasteiger partial charge on any atom is -0.541 e. The van der Waals surface area contributed by atoms with E-state index in [1.165, 1.54) is 0 Å². The molecule has 2 aromatic carbocycles. The molecule has 1 saturated heterocycles. The lowest BCUT2D eigenvalue weighted by molar-refractivity contribution is -0.258. The first kappa shape index (κ1) is 40.1. The van der Waals surface area contributed by atoms with Gasteiger partial charge in [-0.3, -0.25) is 0 Å². The maximum atomic E-state index is 11.2. The molecule has 0 aliphatic carbocycles. The van der Waals surface area contributed by atoms with Crippen LogP contribution in [0.3, 0.4) is 0 Å². The predicted molar refractivity (Wildman–Crippen MR) is 194 cm³/mol. The normalized spacial score (nSPS) is 14.8. The number of rotatable bonds is 8. The molecule has 8 N–H and O–H groups in total. The minimum atomic E-state index is -1.48. The Bertz CT molecular complexity index is 2220. The molecule has 1 fully saturated rings. The van der Waals surface area contributed by atoms with Crippen LogP contribution in [0.4, 0.5) is 11.4 Å². The van der Waals surface area contributed by atoms with E-state index in [9.17, 15) is 19.8 Å². The van der Waals surface area contributed by atoms with E-state index in [0.29, 0.717) is 99.3 Å². The van der Waals surface area contributed by atoms with E-state index in [0.717, 1.165) is 23.8 Å². The zero-order valence-corrected chi connectivity index (χ0v) is 30.8. The monoisotopic (exact) mass is 766 g/mol. The van der Waals surface area contributed by atoms with Crippen molar-refractivity contribution in [3.8, 4) is 34.8 Å². The number of aromatic nitrogens is 2. The molecule has 7 rings (SSSR count). The van der Waals surface area contributed by atoms with Gasteiger partial charge in [-0.2, -0.15) is 0 Å². The second-order valence-electron chi connectivity index (χ2n) is 11.8. The number of aromatic carboxylic acids is 2. The molecule has 1 aliphatic heterocycles. The topological polar surface area (TPSA) is 284 Å². The summed E-state index contributed by atoms with van der Waals surface area (Å²) in [5.41, 5.74) is 2.57. The van der Waals surface area contributed by atoms with Crippen LogP contribution < -0.4 is 41.8 Å². The number of carboxylic acid groups (broad SMARTS) is 2. The van der Waals surface area contributed by atoms with E-state index in [-0.39, 0.29) is 35.6 Å². The fourth-order valence-electron chi connectivity index (χ4n) is 6.00. The molecule has 6 aromatic rings. The first-order valence-electron chi connectivity index (χ1n) is 16.6. The molecule has 55 heavy (non-hydrogen) atoms. The molecular formula is C36H42N6O13. The number of fused-ring (bicyclic) bond motifs is 2. The molecule has 0 bridgehead atoms. The Morgan fingerprint density at radius 1 is 0.636 bits per heavy atom. The smallest absolute Gasteiger partial charge is 0.263 e. The number of furan rings is 2. The molecule has 19 nitrogen and oxygen atoms in total. The highest BCUT2D eigenvalue weighted by atomic mass is 16.5. The average Bonchev–Trinajstić information content (AvgIpc) is 3.98. The molecule has 0 radical (unpaired) electrons. The van der Waals surface area contributed by atoms with E-state index in [1.54, 1.807) is 32.4 Å². The summed E-state index contributed by atoms with van der Waals surface area (Å²) in [6, 6.07) is 10.8. The van der Waals surface area contributed by atoms with Crippen molar-refractivity contribution in [1.82, 2.24) is 22.3 Å². The predicted octanol–water partition coefficient (Wildman–Crippen LogP) is 3.36. The Kier molecular flexibility index (Phi) is 13.0. The summed E-state index contributed by atoms with van der Waals surface area (Å²) in [6.45, 7) is 4.51. The molecular weight excluding hydrogens is 724 g/mol. The fraction of sp³-hybridized carbons (Fsp3) is 0.333. The quantitative estimate of drug-likeness (QED) is 0.224. The van der Waals surface area contributed by atoms with Gasteiger partial charge in [0, 0.05) is 56.1 Å². The maximum absolute atomic E-state index is 11.2. The highest BCUT2D eigenvalue weighted by Crippen LogP contribution is 2.40. The third-order valence-corrected chi connectivity index (χ3v) is 8.57. The number of nitrogens with zero attached hydrogens (tertiary/aromatic N) is 4. The lowest BCUT2D eigenvalue weighted by Crippen LogP contribution is -2.33. The van der Waals surface area contributed by atoms with Crippen LogP contribution in [0.5, 0.6) is 11.5 Å². The summed E-state index contributed by atoms with van der Waals surface area (Å²) in [7, 11) is 3.12. The first-order chi connectivity index (χ1) is 25.8. The van der Waals surface area contributed by atoms with Crippen LogP contribution in [0.1, 0.15) is 21.1 Å². The number of carboxylic acids is 2. The number of ether oxygens (including phenoxy) is 5. The number of oxazole rings is 2. The Balaban J connectivity index is 0.00000290. The van der Waals surface area contributed by atoms with Crippen molar-refractivity contribution in [3.05, 3.63) is 60.3 Å². The Hall–Kier alpha value is -6.12. The first-order valence-corrected chi connectivity index (χ1v) is 16.6. The maximum Gasteiger partial charge on any atom is 0.263 e. The van der Waals surface area contributed by atoms with Crippen molar-refractivity contribution in [2.75, 3.05) is 89.8 Å². The van der Waals surface area contributed by atoms with Crippen LogP contribution in [0.25, 0.3) is 45.2 Å². The van der Waals surface area contributed by atoms with E-state index >= 15 is 0 Å². The van der Waals surface area contributed by atoms with E-state index in [2.05, 4.69) is 19.8 Å². The second kappa shape index (κ2) is 17.8. The molecule has 0 unspecified atom stereocenters. The molecule has 1 aliphatic rings. The Morgan fingerprint density at radius 2 is 1.16 bits per heavy atom. The van der Waals surface area contributed by atoms with Crippen LogP contribution in [0, 0.1) is 0 Å². The van der Waals surface area contributed by atoms with Crippen molar-refractivity contribution < 1.29 is 61.2 Å². The molecule has 0 amide bonds. The summed E-state index contributed by atoms with van der Waals surface area (Å²) in [5, 5.41) is 23.7. The molecule has 0 saturated carbocycles. The van der Waals surface area contributed by atoms with Gasteiger partial charge < -0.3 is 83.3 Å². The summed E-state index contributed by atoms with van der Waals surface area (Å²) in [5.74, 6) is -2.20. The summed E-state index contributed by atoms with van der Waals surface area (Å²) >= 11 is 0. The second-order valence-corrected chi connectivity index (χ2v) is 11.8. The van der Waals surface area contributed by atoms with Gasteiger partial charge in [-0.25, -0.2) is 9.97 Å². The van der Waals surface area contributed by atoms with Gasteiger partial charge in [-0.05, 0) is 12.1 Å². The summed E-state index contributed by atoms with van der Waals surface area (Å²) in [4.78, 5) is 34.6. The Morgan fingerprint density at radius 3 is 1.69 bits per heavy atom. The van der Waals surface area contributed by atoms with Crippen LogP contribution in [0.15, 0.2) is 66.5 Å². The van der Waals surface area contributed by atoms with Gasteiger partial charge in [0.1, 0.15) is 28.9 Å². The molecule has 19 heteroatoms. The molecule has 0 atom stereocenters. The highest BCUT2D eigenvalue weighted by Gasteiger charge is 2.22. The third kappa shape index (κ3) is 8.66. The van der Waals surface area contributed by atoms with Gasteiger partial charge in [0.05, 0.1) is 82.7 Å². The number of carbonyl (C=O) groups is 2. The number of benzene rings is 2. The number of hydrogen-bond donors (Lipinski definition) is 2. The van der Waals surface area contributed by atoms with Crippen LogP contribution in [-0.4, -0.2) is 102 Å². The number of hydrogen-bond acceptors (Lipinski definition) is 17. The van der Waals surface area contributed by atoms with Crippen molar-refractivity contribution in [2.24, 2.45) is 0 Å². The van der Waals surface area contributed by atoms with E-state index in [1.807, 2.05) is 18.2 Å². The summed E-state index contributed by atoms with van der Waals surface area (Å²) in [6.07, 6.45) is 2.13. The van der Waals surface area contributed by atoms with Crippen molar-refractivity contribution in [2.45, 2.75) is 0 Å². The SMILES string of the molecule is COc1cc(N2CCOCCOCCN(c3ccc4oc(-c5ncc(C(=O)[O-])o5)cc4c3OC)CCOCC2)cc2oc(-c3ncc(C(=O)[O-])o3)cc12.[NH4+].[NH4+]. The molecule has 4 aromatic heterocycles. The van der Waals surface area contributed by atoms with E-state index < -0.39 is 23.5 Å². The van der Waals surface area contributed by atoms with Crippen LogP contribution in [0.2, 0.25) is 0 Å². The van der Waals surface area contributed by atoms with Crippen LogP contribution in [-0.2, 0) is 14.2 Å². The lowest BCUT2D eigenvalue weighted by atomic mass is 10.2. The Labute approximate surface area is 313 Å². The molecule has 0 spiro atoms. The molecule has 5 heterocycles. The van der Waals surface area contributed by atoms with Crippen LogP contribution >= 0.6 is 0 Å². The van der Waals surface area contributed by atoms with Crippen molar-refractivity contribution >= 4 is 45.3 Å². The third-order valence-electron chi connectivity index (χ3n) is 8.57. The largest absolute Gasteiger partial charge is 0.541 e. The van der Waals surface area contributed by atoms with Gasteiger partial charge in [-0.1, -0.05) is 0 Å². The van der Waals surface area contributed by atoms with Gasteiger partial charge >= 0.3 is 0 Å². The van der Waals surface area contributed by atoms with Gasteiger partial charge in [0.25, 0.3) is 11.8 Å². The average molecular weight is 767 g/mol. The van der Waals surface area contributed by atoms with E-state index in [4.69, 9.17) is 41.4 Å². The number of carbonyl (C=O) groups excluding carboxylic acids is 2. The zero-order chi connectivity index (χ0) is 36.9. The highest BCUT2D eigenvalue weighted by molar-refractivity contribution is 5.93. The zero-order valence-electron chi connectivity index (χ0n) is 30.8. The standard InChI is InChI=1S/C36H36N4O13.2H3N/c1-45-26-15-21(16-27-22(26)17-28(51-27)33-37-19-30(52-33)35(41)42)39-5-9-47-11-7-40(8-12-49-14-13-48-10-6-39)24-3-4-25-23(32(24)46-2)18-29(50-25)34-38-20-31(53-34)36(43)44;;/h3-4,15-20H,5-14H2,1-2H3,(H,41,42)(H,43,44);2*1H3. The van der Waals surface area contributed by atoms with Crippen molar-refractivity contribution in [3.63, 3.8) is 0 Å². The van der Waals surface area contributed by atoms with Gasteiger partial charge in [0.2, 0.25) is 0 Å². The van der Waals surface area contributed by atoms with Gasteiger partial charge in [-0.15, -0.1) is 0 Å². The number of anilines is 2.